The third-order valence-corrected chi connectivity index (χ3v) is 4.17. The predicted octanol–water partition coefficient (Wildman–Crippen LogP) is 1.84. The van der Waals surface area contributed by atoms with Crippen molar-refractivity contribution in [3.05, 3.63) is 33.9 Å². The fourth-order valence-corrected chi connectivity index (χ4v) is 2.79. The van der Waals surface area contributed by atoms with E-state index >= 15 is 0 Å². The van der Waals surface area contributed by atoms with Gasteiger partial charge in [0.1, 0.15) is 6.04 Å². The fraction of sp³-hybridized carbons (Fsp3) is 0.529. The van der Waals surface area contributed by atoms with E-state index in [4.69, 9.17) is 0 Å². The Labute approximate surface area is 146 Å². The monoisotopic (exact) mass is 348 g/mol. The Balaban J connectivity index is 2.22. The lowest BCUT2D eigenvalue weighted by Crippen LogP contribution is -2.45. The third-order valence-electron chi connectivity index (χ3n) is 4.17. The molecule has 2 amide bonds. The van der Waals surface area contributed by atoms with Crippen LogP contribution in [0.25, 0.3) is 0 Å². The Hall–Kier alpha value is -2.64. The minimum absolute atomic E-state index is 0.142. The van der Waals surface area contributed by atoms with Crippen molar-refractivity contribution < 1.29 is 14.5 Å². The number of nitrogens with one attached hydrogen (secondary N) is 2. The van der Waals surface area contributed by atoms with Gasteiger partial charge in [0.05, 0.1) is 16.2 Å². The maximum absolute atomic E-state index is 12.6. The van der Waals surface area contributed by atoms with Crippen LogP contribution in [0.1, 0.15) is 43.5 Å². The van der Waals surface area contributed by atoms with Crippen LogP contribution in [-0.4, -0.2) is 42.4 Å². The molecule has 8 heteroatoms. The molecule has 0 radical (unpaired) electrons. The zero-order chi connectivity index (χ0) is 18.4. The molecule has 1 aliphatic heterocycles. The van der Waals surface area contributed by atoms with E-state index in [0.29, 0.717) is 12.2 Å². The van der Waals surface area contributed by atoms with E-state index < -0.39 is 16.9 Å². The van der Waals surface area contributed by atoms with Gasteiger partial charge in [-0.2, -0.15) is 0 Å². The summed E-state index contributed by atoms with van der Waals surface area (Å²) in [6.07, 6.45) is 2.85. The highest BCUT2D eigenvalue weighted by Gasteiger charge is 2.24. The van der Waals surface area contributed by atoms with Gasteiger partial charge in [-0.1, -0.05) is 6.92 Å². The number of anilines is 1. The number of non-ortho nitro benzene ring substituents is 1. The Morgan fingerprint density at radius 1 is 1.32 bits per heavy atom. The van der Waals surface area contributed by atoms with Crippen molar-refractivity contribution in [2.45, 2.75) is 39.2 Å². The van der Waals surface area contributed by atoms with Crippen LogP contribution in [0.2, 0.25) is 0 Å². The van der Waals surface area contributed by atoms with E-state index in [9.17, 15) is 19.7 Å². The molecule has 1 aromatic carbocycles. The smallest absolute Gasteiger partial charge is 0.270 e. The molecule has 25 heavy (non-hydrogen) atoms. The number of benzene rings is 1. The molecule has 0 saturated carbocycles. The highest BCUT2D eigenvalue weighted by molar-refractivity contribution is 6.02. The molecule has 2 rings (SSSR count). The summed E-state index contributed by atoms with van der Waals surface area (Å²) < 4.78 is 0. The number of nitrogens with zero attached hydrogens (tertiary/aromatic N) is 2. The first-order valence-corrected chi connectivity index (χ1v) is 8.56. The van der Waals surface area contributed by atoms with Crippen molar-refractivity contribution in [1.82, 2.24) is 10.6 Å². The molecule has 0 bridgehead atoms. The van der Waals surface area contributed by atoms with E-state index in [-0.39, 0.29) is 17.2 Å². The quantitative estimate of drug-likeness (QED) is 0.578. The molecule has 0 unspecified atom stereocenters. The van der Waals surface area contributed by atoms with Gasteiger partial charge in [-0.15, -0.1) is 0 Å². The average molecular weight is 348 g/mol. The van der Waals surface area contributed by atoms with Crippen LogP contribution in [-0.2, 0) is 4.79 Å². The molecule has 1 heterocycles. The van der Waals surface area contributed by atoms with Gasteiger partial charge in [-0.3, -0.25) is 19.7 Å². The zero-order valence-electron chi connectivity index (χ0n) is 14.6. The second kappa shape index (κ2) is 8.46. The molecular weight excluding hydrogens is 324 g/mol. The molecule has 1 fully saturated rings. The summed E-state index contributed by atoms with van der Waals surface area (Å²) in [7, 11) is 0. The van der Waals surface area contributed by atoms with Crippen molar-refractivity contribution in [2.75, 3.05) is 24.5 Å². The number of rotatable bonds is 7. The van der Waals surface area contributed by atoms with Crippen molar-refractivity contribution in [3.8, 4) is 0 Å². The van der Waals surface area contributed by atoms with E-state index in [0.717, 1.165) is 32.4 Å². The predicted molar refractivity (Wildman–Crippen MR) is 94.8 cm³/mol. The molecule has 1 aromatic rings. The summed E-state index contributed by atoms with van der Waals surface area (Å²) in [5.74, 6) is -0.756. The van der Waals surface area contributed by atoms with Crippen LogP contribution in [0.5, 0.6) is 0 Å². The lowest BCUT2D eigenvalue weighted by Gasteiger charge is -2.22. The van der Waals surface area contributed by atoms with E-state index in [1.807, 2.05) is 11.8 Å². The van der Waals surface area contributed by atoms with Gasteiger partial charge in [0.15, 0.2) is 0 Å². The van der Waals surface area contributed by atoms with Gasteiger partial charge in [0.25, 0.3) is 11.6 Å². The van der Waals surface area contributed by atoms with Crippen LogP contribution in [0.4, 0.5) is 11.4 Å². The number of nitro benzene ring substituents is 1. The van der Waals surface area contributed by atoms with Crippen molar-refractivity contribution in [2.24, 2.45) is 0 Å². The third kappa shape index (κ3) is 4.68. The van der Waals surface area contributed by atoms with Crippen LogP contribution < -0.4 is 15.5 Å². The number of nitro groups is 1. The Kier molecular flexibility index (Phi) is 6.32. The SMILES string of the molecule is CCCNC(=O)[C@H](C)NC(=O)c1cc([N+](=O)[O-])ccc1N1CCCC1. The average Bonchev–Trinajstić information content (AvgIpc) is 3.13. The van der Waals surface area contributed by atoms with Crippen LogP contribution in [0, 0.1) is 10.1 Å². The minimum atomic E-state index is -0.718. The maximum atomic E-state index is 12.6. The molecule has 1 aliphatic rings. The normalized spacial score (nSPS) is 14.9. The Morgan fingerprint density at radius 2 is 2.00 bits per heavy atom. The lowest BCUT2D eigenvalue weighted by molar-refractivity contribution is -0.384. The molecule has 2 N–H and O–H groups in total. The van der Waals surface area contributed by atoms with Crippen LogP contribution >= 0.6 is 0 Å². The molecule has 1 atom stereocenters. The number of carbonyl (C=O) groups is 2. The molecule has 0 aliphatic carbocycles. The van der Waals surface area contributed by atoms with Gasteiger partial charge >= 0.3 is 0 Å². The van der Waals surface area contributed by atoms with E-state index in [1.54, 1.807) is 13.0 Å². The molecule has 8 nitrogen and oxygen atoms in total. The summed E-state index contributed by atoms with van der Waals surface area (Å²) in [5, 5.41) is 16.4. The van der Waals surface area contributed by atoms with Gasteiger partial charge in [-0.25, -0.2) is 0 Å². The van der Waals surface area contributed by atoms with Crippen LogP contribution in [0.3, 0.4) is 0 Å². The standard InChI is InChI=1S/C17H24N4O4/c1-3-8-18-16(22)12(2)19-17(23)14-11-13(21(24)25)6-7-15(14)20-9-4-5-10-20/h6-7,11-12H,3-5,8-10H2,1-2H3,(H,18,22)(H,19,23)/t12-/m0/s1. The highest BCUT2D eigenvalue weighted by Crippen LogP contribution is 2.28. The first kappa shape index (κ1) is 18.7. The van der Waals surface area contributed by atoms with Gasteiger partial charge in [-0.05, 0) is 32.3 Å². The Bertz CT molecular complexity index is 656. The molecule has 0 spiro atoms. The first-order valence-electron chi connectivity index (χ1n) is 8.56. The number of hydrogen-bond acceptors (Lipinski definition) is 5. The topological polar surface area (TPSA) is 105 Å². The van der Waals surface area contributed by atoms with Crippen molar-refractivity contribution in [3.63, 3.8) is 0 Å². The fourth-order valence-electron chi connectivity index (χ4n) is 2.79. The van der Waals surface area contributed by atoms with E-state index in [2.05, 4.69) is 10.6 Å². The second-order valence-electron chi connectivity index (χ2n) is 6.14. The first-order chi connectivity index (χ1) is 11.9. The molecular formula is C17H24N4O4. The molecule has 136 valence electrons. The summed E-state index contributed by atoms with van der Waals surface area (Å²) in [6.45, 7) is 5.69. The summed E-state index contributed by atoms with van der Waals surface area (Å²) >= 11 is 0. The lowest BCUT2D eigenvalue weighted by atomic mass is 10.1. The largest absolute Gasteiger partial charge is 0.371 e. The van der Waals surface area contributed by atoms with Crippen molar-refractivity contribution >= 4 is 23.2 Å². The van der Waals surface area contributed by atoms with E-state index in [1.165, 1.54) is 12.1 Å². The van der Waals surface area contributed by atoms with Crippen LogP contribution in [0.15, 0.2) is 18.2 Å². The second-order valence-corrected chi connectivity index (χ2v) is 6.14. The summed E-state index contributed by atoms with van der Waals surface area (Å²) in [5.41, 5.74) is 0.754. The van der Waals surface area contributed by atoms with Gasteiger partial charge in [0, 0.05) is 31.8 Å². The number of carbonyl (C=O) groups excluding carboxylic acids is 2. The highest BCUT2D eigenvalue weighted by atomic mass is 16.6. The van der Waals surface area contributed by atoms with Crippen molar-refractivity contribution in [1.29, 1.82) is 0 Å². The zero-order valence-corrected chi connectivity index (χ0v) is 14.6. The molecule has 1 saturated heterocycles. The van der Waals surface area contributed by atoms with Gasteiger partial charge < -0.3 is 15.5 Å². The molecule has 0 aromatic heterocycles. The summed E-state index contributed by atoms with van der Waals surface area (Å²) in [6, 6.07) is 3.58. The number of hydrogen-bond donors (Lipinski definition) is 2. The maximum Gasteiger partial charge on any atom is 0.270 e. The van der Waals surface area contributed by atoms with Gasteiger partial charge in [0.2, 0.25) is 5.91 Å². The Morgan fingerprint density at radius 3 is 2.60 bits per heavy atom. The minimum Gasteiger partial charge on any atom is -0.371 e. The number of amides is 2. The summed E-state index contributed by atoms with van der Waals surface area (Å²) in [4.78, 5) is 37.2.